The van der Waals surface area contributed by atoms with Gasteiger partial charge >= 0.3 is 6.18 Å². The molecule has 1 amide bonds. The molecule has 31 heavy (non-hydrogen) atoms. The summed E-state index contributed by atoms with van der Waals surface area (Å²) in [5, 5.41) is 23.2. The minimum atomic E-state index is -4.97. The molecule has 0 fully saturated rings. The molecule has 1 aromatic heterocycles. The Morgan fingerprint density at radius 1 is 1.19 bits per heavy atom. The van der Waals surface area contributed by atoms with Gasteiger partial charge in [-0.15, -0.1) is 0 Å². The van der Waals surface area contributed by atoms with Gasteiger partial charge in [0.2, 0.25) is 0 Å². The molecule has 1 heterocycles. The summed E-state index contributed by atoms with van der Waals surface area (Å²) >= 11 is 0. The molecule has 0 aliphatic heterocycles. The highest BCUT2D eigenvalue weighted by molar-refractivity contribution is 5.97. The van der Waals surface area contributed by atoms with Gasteiger partial charge in [0.15, 0.2) is 0 Å². The number of amides is 1. The first-order valence-electron chi connectivity index (χ1n) is 9.79. The lowest BCUT2D eigenvalue weighted by atomic mass is 9.96. The zero-order valence-corrected chi connectivity index (χ0v) is 18.2. The highest BCUT2D eigenvalue weighted by Crippen LogP contribution is 2.37. The number of benzene rings is 1. The number of nitro groups is 1. The SMILES string of the molecule is CC.CC.C[C@](O)(CCc1cccnc1)C(=O)Nc1ccc([N+](=O)[O-])c(C(F)(F)F)c1. The summed E-state index contributed by atoms with van der Waals surface area (Å²) in [5.74, 6) is -0.923. The van der Waals surface area contributed by atoms with Crippen LogP contribution in [0.2, 0.25) is 0 Å². The van der Waals surface area contributed by atoms with Crippen molar-refractivity contribution < 1.29 is 28.0 Å². The lowest BCUT2D eigenvalue weighted by Crippen LogP contribution is -2.40. The summed E-state index contributed by atoms with van der Waals surface area (Å²) in [6.07, 6.45) is -1.50. The van der Waals surface area contributed by atoms with Gasteiger partial charge in [-0.2, -0.15) is 13.2 Å². The Balaban J connectivity index is 0.00000212. The van der Waals surface area contributed by atoms with Crippen molar-refractivity contribution in [3.8, 4) is 0 Å². The van der Waals surface area contributed by atoms with Crippen molar-refractivity contribution >= 4 is 17.3 Å². The predicted octanol–water partition coefficient (Wildman–Crippen LogP) is 5.38. The summed E-state index contributed by atoms with van der Waals surface area (Å²) < 4.78 is 39.0. The molecule has 1 atom stereocenters. The van der Waals surface area contributed by atoms with Gasteiger partial charge in [-0.3, -0.25) is 19.9 Å². The van der Waals surface area contributed by atoms with Gasteiger partial charge in [0.25, 0.3) is 11.6 Å². The van der Waals surface area contributed by atoms with Gasteiger partial charge in [0, 0.05) is 24.1 Å². The van der Waals surface area contributed by atoms with Crippen molar-refractivity contribution in [1.29, 1.82) is 0 Å². The smallest absolute Gasteiger partial charge is 0.380 e. The van der Waals surface area contributed by atoms with Crippen LogP contribution in [0, 0.1) is 10.1 Å². The number of aromatic nitrogens is 1. The van der Waals surface area contributed by atoms with Gasteiger partial charge in [-0.05, 0) is 43.5 Å². The van der Waals surface area contributed by atoms with Crippen LogP contribution in [-0.2, 0) is 17.4 Å². The number of halogens is 3. The monoisotopic (exact) mass is 443 g/mol. The number of hydrogen-bond acceptors (Lipinski definition) is 5. The lowest BCUT2D eigenvalue weighted by Gasteiger charge is -2.22. The summed E-state index contributed by atoms with van der Waals surface area (Å²) in [6, 6.07) is 5.55. The molecule has 0 radical (unpaired) electrons. The van der Waals surface area contributed by atoms with Crippen LogP contribution in [0.3, 0.4) is 0 Å². The Morgan fingerprint density at radius 3 is 2.29 bits per heavy atom. The number of nitro benzene ring substituents is 1. The molecule has 0 unspecified atom stereocenters. The number of anilines is 1. The maximum absolute atomic E-state index is 13.0. The fourth-order valence-electron chi connectivity index (χ4n) is 2.31. The zero-order chi connectivity index (χ0) is 24.2. The minimum absolute atomic E-state index is 0.00361. The largest absolute Gasteiger partial charge is 0.423 e. The van der Waals surface area contributed by atoms with Crippen molar-refractivity contribution in [3.63, 3.8) is 0 Å². The highest BCUT2D eigenvalue weighted by Gasteiger charge is 2.39. The molecule has 0 bridgehead atoms. The van der Waals surface area contributed by atoms with E-state index in [1.165, 1.54) is 6.92 Å². The number of carbonyl (C=O) groups is 1. The molecule has 10 heteroatoms. The van der Waals surface area contributed by atoms with E-state index in [-0.39, 0.29) is 12.1 Å². The summed E-state index contributed by atoms with van der Waals surface area (Å²) in [4.78, 5) is 25.8. The van der Waals surface area contributed by atoms with Crippen LogP contribution < -0.4 is 5.32 Å². The molecule has 0 spiro atoms. The lowest BCUT2D eigenvalue weighted by molar-refractivity contribution is -0.388. The maximum Gasteiger partial charge on any atom is 0.423 e. The van der Waals surface area contributed by atoms with Gasteiger partial charge in [-0.25, -0.2) is 0 Å². The third kappa shape index (κ3) is 8.71. The van der Waals surface area contributed by atoms with Gasteiger partial charge in [-0.1, -0.05) is 33.8 Å². The van der Waals surface area contributed by atoms with Crippen LogP contribution in [0.1, 0.15) is 52.2 Å². The van der Waals surface area contributed by atoms with Gasteiger partial charge in [0.05, 0.1) is 4.92 Å². The predicted molar refractivity (Wildman–Crippen MR) is 113 cm³/mol. The van der Waals surface area contributed by atoms with Crippen LogP contribution in [-0.4, -0.2) is 26.5 Å². The Hall–Kier alpha value is -3.01. The van der Waals surface area contributed by atoms with Crippen molar-refractivity contribution in [1.82, 2.24) is 4.98 Å². The number of nitrogens with zero attached hydrogens (tertiary/aromatic N) is 2. The number of rotatable bonds is 6. The topological polar surface area (TPSA) is 105 Å². The molecule has 2 rings (SSSR count). The molecule has 0 saturated heterocycles. The van der Waals surface area contributed by atoms with Crippen LogP contribution in [0.4, 0.5) is 24.5 Å². The van der Waals surface area contributed by atoms with Crippen molar-refractivity contribution in [3.05, 3.63) is 64.0 Å². The van der Waals surface area contributed by atoms with Crippen LogP contribution in [0.5, 0.6) is 0 Å². The van der Waals surface area contributed by atoms with E-state index < -0.39 is 33.9 Å². The number of hydrogen-bond donors (Lipinski definition) is 2. The quantitative estimate of drug-likeness (QED) is 0.460. The Morgan fingerprint density at radius 2 is 1.81 bits per heavy atom. The van der Waals surface area contributed by atoms with Gasteiger partial charge < -0.3 is 10.4 Å². The third-order valence-electron chi connectivity index (χ3n) is 3.87. The van der Waals surface area contributed by atoms with Crippen molar-refractivity contribution in [2.45, 2.75) is 59.2 Å². The van der Waals surface area contributed by atoms with Crippen LogP contribution in [0.15, 0.2) is 42.7 Å². The Labute approximate surface area is 179 Å². The number of nitrogens with one attached hydrogen (secondary N) is 1. The highest BCUT2D eigenvalue weighted by atomic mass is 19.4. The Kier molecular flexibility index (Phi) is 11.4. The Bertz CT molecular complexity index is 842. The van der Waals surface area contributed by atoms with E-state index in [1.54, 1.807) is 24.5 Å². The molecule has 2 aromatic rings. The minimum Gasteiger partial charge on any atom is -0.380 e. The zero-order valence-electron chi connectivity index (χ0n) is 18.2. The number of aliphatic hydroxyl groups is 1. The molecule has 0 aliphatic rings. The van der Waals surface area contributed by atoms with Crippen LogP contribution in [0.25, 0.3) is 0 Å². The second-order valence-corrected chi connectivity index (χ2v) is 6.08. The number of alkyl halides is 3. The van der Waals surface area contributed by atoms with Crippen LogP contribution >= 0.6 is 0 Å². The normalized spacial score (nSPS) is 12.3. The number of aryl methyl sites for hydroxylation is 1. The second-order valence-electron chi connectivity index (χ2n) is 6.08. The molecular formula is C21H28F3N3O4. The average molecular weight is 443 g/mol. The van der Waals surface area contributed by atoms with Gasteiger partial charge in [0.1, 0.15) is 11.2 Å². The molecule has 172 valence electrons. The van der Waals surface area contributed by atoms with E-state index in [0.717, 1.165) is 11.6 Å². The van der Waals surface area contributed by atoms with E-state index in [2.05, 4.69) is 10.3 Å². The average Bonchev–Trinajstić information content (AvgIpc) is 2.75. The first-order chi connectivity index (χ1) is 14.5. The first-order valence-corrected chi connectivity index (χ1v) is 9.79. The third-order valence-corrected chi connectivity index (χ3v) is 3.87. The fourth-order valence-corrected chi connectivity index (χ4v) is 2.31. The summed E-state index contributed by atoms with van der Waals surface area (Å²) in [7, 11) is 0. The standard InChI is InChI=1S/C17H16F3N3O4.2C2H6/c1-16(25,7-6-11-3-2-8-21-10-11)15(24)22-12-4-5-14(23(26)27)13(9-12)17(18,19)20;2*1-2/h2-5,8-10,25H,6-7H2,1H3,(H,22,24);2*1-2H3/t16-;;/m0../s1. The molecule has 7 nitrogen and oxygen atoms in total. The van der Waals surface area contributed by atoms with E-state index >= 15 is 0 Å². The fraction of sp³-hybridized carbons (Fsp3) is 0.429. The molecule has 1 aromatic carbocycles. The maximum atomic E-state index is 13.0. The van der Waals surface area contributed by atoms with Crippen molar-refractivity contribution in [2.75, 3.05) is 5.32 Å². The van der Waals surface area contributed by atoms with E-state index in [4.69, 9.17) is 0 Å². The van der Waals surface area contributed by atoms with Crippen molar-refractivity contribution in [2.24, 2.45) is 0 Å². The molecule has 2 N–H and O–H groups in total. The van der Waals surface area contributed by atoms with E-state index in [0.29, 0.717) is 18.6 Å². The summed E-state index contributed by atoms with van der Waals surface area (Å²) in [5.41, 5.74) is -4.00. The molecule has 0 saturated carbocycles. The van der Waals surface area contributed by atoms with E-state index in [9.17, 15) is 33.2 Å². The molecule has 0 aliphatic carbocycles. The molecular weight excluding hydrogens is 415 g/mol. The second kappa shape index (κ2) is 12.6. The number of pyridine rings is 1. The van der Waals surface area contributed by atoms with E-state index in [1.807, 2.05) is 27.7 Å². The first kappa shape index (κ1) is 28.0. The summed E-state index contributed by atoms with van der Waals surface area (Å²) in [6.45, 7) is 9.23. The number of carbonyl (C=O) groups excluding carboxylic acids is 1.